The number of halogens is 1. The van der Waals surface area contributed by atoms with Gasteiger partial charge in [0.25, 0.3) is 5.91 Å². The number of benzene rings is 1. The standard InChI is InChI=1S/C19H26FN3O4S/c1-13(2)21-28(26,27)15-6-7-17(20)16(12-15)19(25)23-10-8-22(9-11-23)18(24)14-4-3-5-14/h6-7,12-14,21H,3-5,8-11H2,1-2H3. The first kappa shape index (κ1) is 20.7. The SMILES string of the molecule is CC(C)NS(=O)(=O)c1ccc(F)c(C(=O)N2CCN(C(=O)C3CCC3)CC2)c1. The number of amides is 2. The molecular weight excluding hydrogens is 385 g/mol. The quantitative estimate of drug-likeness (QED) is 0.797. The van der Waals surface area contributed by atoms with E-state index in [-0.39, 0.29) is 28.3 Å². The zero-order valence-electron chi connectivity index (χ0n) is 16.2. The number of rotatable bonds is 5. The minimum absolute atomic E-state index is 0.107. The fourth-order valence-corrected chi connectivity index (χ4v) is 4.70. The number of nitrogens with one attached hydrogen (secondary N) is 1. The molecule has 0 bridgehead atoms. The third-order valence-corrected chi connectivity index (χ3v) is 6.86. The molecule has 0 aromatic heterocycles. The highest BCUT2D eigenvalue weighted by atomic mass is 32.2. The first-order chi connectivity index (χ1) is 13.2. The van der Waals surface area contributed by atoms with Crippen LogP contribution in [-0.4, -0.2) is 62.3 Å². The number of nitrogens with zero attached hydrogens (tertiary/aromatic N) is 2. The summed E-state index contributed by atoms with van der Waals surface area (Å²) in [5.41, 5.74) is -0.273. The van der Waals surface area contributed by atoms with Crippen LogP contribution in [0.4, 0.5) is 4.39 Å². The van der Waals surface area contributed by atoms with Crippen molar-refractivity contribution in [3.8, 4) is 0 Å². The van der Waals surface area contributed by atoms with E-state index in [0.29, 0.717) is 26.2 Å². The fraction of sp³-hybridized carbons (Fsp3) is 0.579. The van der Waals surface area contributed by atoms with Crippen LogP contribution in [0, 0.1) is 11.7 Å². The summed E-state index contributed by atoms with van der Waals surface area (Å²) < 4.78 is 41.3. The molecule has 1 aromatic carbocycles. The summed E-state index contributed by atoms with van der Waals surface area (Å²) >= 11 is 0. The molecule has 0 radical (unpaired) electrons. The van der Waals surface area contributed by atoms with Crippen LogP contribution in [0.5, 0.6) is 0 Å². The van der Waals surface area contributed by atoms with Gasteiger partial charge >= 0.3 is 0 Å². The van der Waals surface area contributed by atoms with Crippen molar-refractivity contribution in [3.63, 3.8) is 0 Å². The highest BCUT2D eigenvalue weighted by Crippen LogP contribution is 2.28. The number of hydrogen-bond acceptors (Lipinski definition) is 4. The van der Waals surface area contributed by atoms with Gasteiger partial charge in [0.05, 0.1) is 10.5 Å². The van der Waals surface area contributed by atoms with Crippen molar-refractivity contribution in [2.75, 3.05) is 26.2 Å². The molecule has 154 valence electrons. The van der Waals surface area contributed by atoms with Crippen LogP contribution >= 0.6 is 0 Å². The number of sulfonamides is 1. The number of carbonyl (C=O) groups excluding carboxylic acids is 2. The topological polar surface area (TPSA) is 86.8 Å². The molecule has 1 aliphatic heterocycles. The number of carbonyl (C=O) groups is 2. The minimum Gasteiger partial charge on any atom is -0.339 e. The van der Waals surface area contributed by atoms with Gasteiger partial charge in [0.2, 0.25) is 15.9 Å². The summed E-state index contributed by atoms with van der Waals surface area (Å²) in [4.78, 5) is 28.2. The lowest BCUT2D eigenvalue weighted by atomic mass is 9.84. The largest absolute Gasteiger partial charge is 0.339 e. The van der Waals surface area contributed by atoms with Gasteiger partial charge in [-0.3, -0.25) is 9.59 Å². The summed E-state index contributed by atoms with van der Waals surface area (Å²) in [6, 6.07) is 2.90. The summed E-state index contributed by atoms with van der Waals surface area (Å²) in [5.74, 6) is -1.08. The smallest absolute Gasteiger partial charge is 0.256 e. The number of hydrogen-bond donors (Lipinski definition) is 1. The van der Waals surface area contributed by atoms with E-state index in [4.69, 9.17) is 0 Å². The molecule has 2 fully saturated rings. The summed E-state index contributed by atoms with van der Waals surface area (Å²) in [6.45, 7) is 4.79. The lowest BCUT2D eigenvalue weighted by Crippen LogP contribution is -2.52. The zero-order chi connectivity index (χ0) is 20.5. The zero-order valence-corrected chi connectivity index (χ0v) is 17.0. The van der Waals surface area contributed by atoms with Gasteiger partial charge in [0, 0.05) is 38.1 Å². The van der Waals surface area contributed by atoms with E-state index in [1.807, 2.05) is 0 Å². The van der Waals surface area contributed by atoms with Crippen molar-refractivity contribution in [1.82, 2.24) is 14.5 Å². The van der Waals surface area contributed by atoms with Crippen LogP contribution < -0.4 is 4.72 Å². The van der Waals surface area contributed by atoms with Crippen LogP contribution in [0.1, 0.15) is 43.5 Å². The second-order valence-corrected chi connectivity index (χ2v) is 9.38. The maximum Gasteiger partial charge on any atom is 0.256 e. The first-order valence-corrected chi connectivity index (χ1v) is 11.1. The van der Waals surface area contributed by atoms with Crippen LogP contribution in [0.3, 0.4) is 0 Å². The Labute approximate surface area is 164 Å². The van der Waals surface area contributed by atoms with Gasteiger partial charge in [-0.15, -0.1) is 0 Å². The fourth-order valence-electron chi connectivity index (χ4n) is 3.43. The lowest BCUT2D eigenvalue weighted by molar-refractivity contribution is -0.139. The third kappa shape index (κ3) is 4.35. The van der Waals surface area contributed by atoms with Crippen molar-refractivity contribution in [1.29, 1.82) is 0 Å². The second-order valence-electron chi connectivity index (χ2n) is 7.66. The van der Waals surface area contributed by atoms with E-state index in [9.17, 15) is 22.4 Å². The van der Waals surface area contributed by atoms with Crippen LogP contribution in [0.25, 0.3) is 0 Å². The highest BCUT2D eigenvalue weighted by Gasteiger charge is 2.33. The molecule has 3 rings (SSSR count). The molecule has 1 aromatic rings. The Morgan fingerprint density at radius 1 is 1.11 bits per heavy atom. The summed E-state index contributed by atoms with van der Waals surface area (Å²) in [6.07, 6.45) is 2.93. The molecule has 28 heavy (non-hydrogen) atoms. The molecule has 2 amide bonds. The van der Waals surface area contributed by atoms with E-state index >= 15 is 0 Å². The molecule has 0 spiro atoms. The van der Waals surface area contributed by atoms with Crippen LogP contribution in [-0.2, 0) is 14.8 Å². The van der Waals surface area contributed by atoms with Crippen molar-refractivity contribution in [3.05, 3.63) is 29.6 Å². The maximum absolute atomic E-state index is 14.3. The Kier molecular flexibility index (Phi) is 6.04. The average Bonchev–Trinajstić information content (AvgIpc) is 2.59. The molecule has 2 aliphatic rings. The van der Waals surface area contributed by atoms with Gasteiger partial charge < -0.3 is 9.80 Å². The van der Waals surface area contributed by atoms with E-state index in [0.717, 1.165) is 37.5 Å². The van der Waals surface area contributed by atoms with E-state index in [2.05, 4.69) is 4.72 Å². The Hall–Kier alpha value is -2.00. The van der Waals surface area contributed by atoms with Gasteiger partial charge in [-0.1, -0.05) is 6.42 Å². The Balaban J connectivity index is 1.70. The molecule has 1 aliphatic carbocycles. The van der Waals surface area contributed by atoms with Crippen LogP contribution in [0.15, 0.2) is 23.1 Å². The Morgan fingerprint density at radius 3 is 2.25 bits per heavy atom. The van der Waals surface area contributed by atoms with Gasteiger partial charge in [-0.05, 0) is 44.9 Å². The molecular formula is C19H26FN3O4S. The molecule has 1 saturated heterocycles. The molecule has 0 atom stereocenters. The van der Waals surface area contributed by atoms with Crippen molar-refractivity contribution in [2.24, 2.45) is 5.92 Å². The third-order valence-electron chi connectivity index (χ3n) is 5.20. The van der Waals surface area contributed by atoms with Gasteiger partial charge in [0.15, 0.2) is 0 Å². The van der Waals surface area contributed by atoms with Crippen molar-refractivity contribution in [2.45, 2.75) is 44.0 Å². The monoisotopic (exact) mass is 411 g/mol. The van der Waals surface area contributed by atoms with E-state index in [1.165, 1.54) is 4.90 Å². The lowest BCUT2D eigenvalue weighted by Gasteiger charge is -2.38. The Morgan fingerprint density at radius 2 is 1.71 bits per heavy atom. The van der Waals surface area contributed by atoms with Crippen molar-refractivity contribution >= 4 is 21.8 Å². The predicted molar refractivity (Wildman–Crippen MR) is 102 cm³/mol. The molecule has 0 unspecified atom stereocenters. The normalized spacial score (nSPS) is 18.3. The summed E-state index contributed by atoms with van der Waals surface area (Å²) in [7, 11) is -3.83. The van der Waals surface area contributed by atoms with Gasteiger partial charge in [-0.2, -0.15) is 0 Å². The molecule has 1 saturated carbocycles. The summed E-state index contributed by atoms with van der Waals surface area (Å²) in [5, 5.41) is 0. The van der Waals surface area contributed by atoms with E-state index in [1.54, 1.807) is 18.7 Å². The number of piperazine rings is 1. The Bertz CT molecular complexity index is 860. The second kappa shape index (κ2) is 8.16. The first-order valence-electron chi connectivity index (χ1n) is 9.59. The minimum atomic E-state index is -3.83. The van der Waals surface area contributed by atoms with Crippen molar-refractivity contribution < 1.29 is 22.4 Å². The molecule has 1 N–H and O–H groups in total. The highest BCUT2D eigenvalue weighted by molar-refractivity contribution is 7.89. The maximum atomic E-state index is 14.3. The van der Waals surface area contributed by atoms with Crippen LogP contribution in [0.2, 0.25) is 0 Å². The molecule has 9 heteroatoms. The molecule has 1 heterocycles. The predicted octanol–water partition coefficient (Wildman–Crippen LogP) is 1.60. The molecule has 7 nitrogen and oxygen atoms in total. The van der Waals surface area contributed by atoms with Gasteiger partial charge in [-0.25, -0.2) is 17.5 Å². The van der Waals surface area contributed by atoms with E-state index < -0.39 is 21.7 Å². The average molecular weight is 411 g/mol. The van der Waals surface area contributed by atoms with Gasteiger partial charge in [0.1, 0.15) is 5.82 Å².